The Morgan fingerprint density at radius 2 is 2.07 bits per heavy atom. The number of piperidine rings is 1. The number of nitrogens with zero attached hydrogens (tertiary/aromatic N) is 2. The number of carbonyl (C=O) groups excluding carboxylic acids is 1. The predicted octanol–water partition coefficient (Wildman–Crippen LogP) is 3.84. The minimum absolute atomic E-state index is 0.00371. The second-order valence-corrected chi connectivity index (χ2v) is 7.82. The van der Waals surface area contributed by atoms with E-state index in [9.17, 15) is 4.79 Å². The standard InChI is InChI=1S/C21H23N3O2S/c1-26-17-10-8-15(9-11-17)13-22-20(25)16-5-4-12-24(14-16)21-23-18-6-2-3-7-19(18)27-21/h2-3,6-11,16H,4-5,12-14H2,1H3,(H,22,25)/t16-/m1/s1. The van der Waals surface area contributed by atoms with Crippen LogP contribution in [0, 0.1) is 5.92 Å². The van der Waals surface area contributed by atoms with Crippen molar-refractivity contribution in [2.24, 2.45) is 5.92 Å². The van der Waals surface area contributed by atoms with Gasteiger partial charge >= 0.3 is 0 Å². The smallest absolute Gasteiger partial charge is 0.225 e. The second kappa shape index (κ2) is 7.96. The van der Waals surface area contributed by atoms with Crippen molar-refractivity contribution in [1.29, 1.82) is 0 Å². The monoisotopic (exact) mass is 381 g/mol. The van der Waals surface area contributed by atoms with Crippen molar-refractivity contribution in [2.45, 2.75) is 19.4 Å². The molecule has 3 aromatic rings. The molecule has 0 aliphatic carbocycles. The van der Waals surface area contributed by atoms with E-state index in [1.54, 1.807) is 18.4 Å². The number of methoxy groups -OCH3 is 1. The van der Waals surface area contributed by atoms with Crippen LogP contribution < -0.4 is 15.0 Å². The zero-order chi connectivity index (χ0) is 18.6. The SMILES string of the molecule is COc1ccc(CNC(=O)[C@@H]2CCCN(c3nc4ccccc4s3)C2)cc1. The highest BCUT2D eigenvalue weighted by molar-refractivity contribution is 7.22. The Balaban J connectivity index is 1.37. The number of aromatic nitrogens is 1. The highest BCUT2D eigenvalue weighted by atomic mass is 32.1. The number of rotatable bonds is 5. The first-order chi connectivity index (χ1) is 13.2. The van der Waals surface area contributed by atoms with E-state index in [-0.39, 0.29) is 11.8 Å². The van der Waals surface area contributed by atoms with Crippen LogP contribution in [-0.4, -0.2) is 31.1 Å². The molecule has 27 heavy (non-hydrogen) atoms. The summed E-state index contributed by atoms with van der Waals surface area (Å²) in [6, 6.07) is 16.0. The lowest BCUT2D eigenvalue weighted by molar-refractivity contribution is -0.125. The van der Waals surface area contributed by atoms with Gasteiger partial charge in [0.2, 0.25) is 5.91 Å². The van der Waals surface area contributed by atoms with Crippen LogP contribution in [-0.2, 0) is 11.3 Å². The molecule has 1 aromatic heterocycles. The lowest BCUT2D eigenvalue weighted by Crippen LogP contribution is -2.42. The highest BCUT2D eigenvalue weighted by Crippen LogP contribution is 2.31. The number of carbonyl (C=O) groups is 1. The van der Waals surface area contributed by atoms with Gasteiger partial charge in [0.15, 0.2) is 5.13 Å². The molecule has 1 saturated heterocycles. The summed E-state index contributed by atoms with van der Waals surface area (Å²) in [5.41, 5.74) is 2.10. The molecule has 1 fully saturated rings. The third-order valence-electron chi connectivity index (χ3n) is 4.97. The Labute approximate surface area is 163 Å². The van der Waals surface area contributed by atoms with Gasteiger partial charge < -0.3 is 15.0 Å². The Bertz CT molecular complexity index is 890. The molecule has 1 aliphatic rings. The minimum Gasteiger partial charge on any atom is -0.497 e. The van der Waals surface area contributed by atoms with Crippen molar-refractivity contribution < 1.29 is 9.53 Å². The summed E-state index contributed by atoms with van der Waals surface area (Å²) in [4.78, 5) is 19.7. The molecule has 0 radical (unpaired) electrons. The Morgan fingerprint density at radius 1 is 1.26 bits per heavy atom. The molecule has 1 amide bonds. The van der Waals surface area contributed by atoms with Crippen molar-refractivity contribution in [1.82, 2.24) is 10.3 Å². The van der Waals surface area contributed by atoms with E-state index >= 15 is 0 Å². The van der Waals surface area contributed by atoms with Gasteiger partial charge in [-0.25, -0.2) is 4.98 Å². The summed E-state index contributed by atoms with van der Waals surface area (Å²) < 4.78 is 6.36. The van der Waals surface area contributed by atoms with Gasteiger partial charge in [0.05, 0.1) is 23.2 Å². The number of ether oxygens (including phenoxy) is 1. The molecule has 2 heterocycles. The summed E-state index contributed by atoms with van der Waals surface area (Å²) in [6.07, 6.45) is 1.94. The minimum atomic E-state index is 0.00371. The molecule has 2 aromatic carbocycles. The molecule has 1 aliphatic heterocycles. The maximum atomic E-state index is 12.7. The number of anilines is 1. The van der Waals surface area contributed by atoms with Crippen LogP contribution in [0.25, 0.3) is 10.2 Å². The van der Waals surface area contributed by atoms with Gasteiger partial charge in [-0.1, -0.05) is 35.6 Å². The molecule has 5 nitrogen and oxygen atoms in total. The largest absolute Gasteiger partial charge is 0.497 e. The van der Waals surface area contributed by atoms with Gasteiger partial charge in [-0.05, 0) is 42.7 Å². The molecule has 0 unspecified atom stereocenters. The molecule has 4 rings (SSSR count). The van der Waals surface area contributed by atoms with E-state index in [0.29, 0.717) is 6.54 Å². The number of hydrogen-bond acceptors (Lipinski definition) is 5. The van der Waals surface area contributed by atoms with Crippen molar-refractivity contribution >= 4 is 32.6 Å². The molecular weight excluding hydrogens is 358 g/mol. The third kappa shape index (κ3) is 4.06. The fourth-order valence-corrected chi connectivity index (χ4v) is 4.44. The summed E-state index contributed by atoms with van der Waals surface area (Å²) in [5.74, 6) is 0.949. The van der Waals surface area contributed by atoms with Gasteiger partial charge in [-0.15, -0.1) is 0 Å². The topological polar surface area (TPSA) is 54.5 Å². The van der Waals surface area contributed by atoms with E-state index in [2.05, 4.69) is 16.3 Å². The molecule has 6 heteroatoms. The summed E-state index contributed by atoms with van der Waals surface area (Å²) in [5, 5.41) is 4.10. The Hall–Kier alpha value is -2.60. The van der Waals surface area contributed by atoms with Crippen LogP contribution in [0.3, 0.4) is 0 Å². The van der Waals surface area contributed by atoms with Gasteiger partial charge in [0.1, 0.15) is 5.75 Å². The lowest BCUT2D eigenvalue weighted by atomic mass is 9.97. The summed E-state index contributed by atoms with van der Waals surface area (Å²) in [7, 11) is 1.65. The Kier molecular flexibility index (Phi) is 5.25. The fourth-order valence-electron chi connectivity index (χ4n) is 3.44. The zero-order valence-electron chi connectivity index (χ0n) is 15.4. The third-order valence-corrected chi connectivity index (χ3v) is 6.07. The molecule has 0 spiro atoms. The lowest BCUT2D eigenvalue weighted by Gasteiger charge is -2.31. The van der Waals surface area contributed by atoms with Crippen molar-refractivity contribution in [3.05, 3.63) is 54.1 Å². The van der Waals surface area contributed by atoms with Crippen LogP contribution in [0.2, 0.25) is 0 Å². The number of hydrogen-bond donors (Lipinski definition) is 1. The normalized spacial score (nSPS) is 17.1. The van der Waals surface area contributed by atoms with Gasteiger partial charge in [-0.2, -0.15) is 0 Å². The highest BCUT2D eigenvalue weighted by Gasteiger charge is 2.27. The molecule has 0 bridgehead atoms. The number of thiazole rings is 1. The number of fused-ring (bicyclic) bond motifs is 1. The summed E-state index contributed by atoms with van der Waals surface area (Å²) in [6.45, 7) is 2.23. The average Bonchev–Trinajstić information content (AvgIpc) is 3.17. The van der Waals surface area contributed by atoms with E-state index in [1.807, 2.05) is 42.5 Å². The van der Waals surface area contributed by atoms with Crippen molar-refractivity contribution in [3.63, 3.8) is 0 Å². The van der Waals surface area contributed by atoms with Gasteiger partial charge in [-0.3, -0.25) is 4.79 Å². The quantitative estimate of drug-likeness (QED) is 0.730. The molecule has 0 saturated carbocycles. The first kappa shape index (κ1) is 17.8. The maximum absolute atomic E-state index is 12.7. The van der Waals surface area contributed by atoms with E-state index in [1.165, 1.54) is 4.70 Å². The first-order valence-corrected chi connectivity index (χ1v) is 10.1. The van der Waals surface area contributed by atoms with Crippen LogP contribution in [0.15, 0.2) is 48.5 Å². The van der Waals surface area contributed by atoms with Gasteiger partial charge in [0.25, 0.3) is 0 Å². The number of amides is 1. The summed E-state index contributed by atoms with van der Waals surface area (Å²) >= 11 is 1.70. The zero-order valence-corrected chi connectivity index (χ0v) is 16.2. The number of benzene rings is 2. The molecule has 140 valence electrons. The maximum Gasteiger partial charge on any atom is 0.225 e. The van der Waals surface area contributed by atoms with E-state index < -0.39 is 0 Å². The predicted molar refractivity (Wildman–Crippen MR) is 109 cm³/mol. The van der Waals surface area contributed by atoms with Gasteiger partial charge in [0, 0.05) is 19.6 Å². The fraction of sp³-hybridized carbons (Fsp3) is 0.333. The Morgan fingerprint density at radius 3 is 2.85 bits per heavy atom. The molecule has 1 N–H and O–H groups in total. The van der Waals surface area contributed by atoms with Crippen molar-refractivity contribution in [2.75, 3.05) is 25.1 Å². The number of para-hydroxylation sites is 1. The van der Waals surface area contributed by atoms with E-state index in [0.717, 1.165) is 47.9 Å². The second-order valence-electron chi connectivity index (χ2n) is 6.82. The van der Waals surface area contributed by atoms with E-state index in [4.69, 9.17) is 9.72 Å². The van der Waals surface area contributed by atoms with Crippen molar-refractivity contribution in [3.8, 4) is 5.75 Å². The molecular formula is C21H23N3O2S. The first-order valence-electron chi connectivity index (χ1n) is 9.24. The van der Waals surface area contributed by atoms with Crippen LogP contribution in [0.1, 0.15) is 18.4 Å². The van der Waals surface area contributed by atoms with Crippen LogP contribution in [0.4, 0.5) is 5.13 Å². The average molecular weight is 382 g/mol. The van der Waals surface area contributed by atoms with Crippen LogP contribution in [0.5, 0.6) is 5.75 Å². The number of nitrogens with one attached hydrogen (secondary N) is 1. The van der Waals surface area contributed by atoms with Crippen LogP contribution >= 0.6 is 11.3 Å². The molecule has 1 atom stereocenters.